The van der Waals surface area contributed by atoms with Crippen molar-refractivity contribution in [1.82, 2.24) is 9.97 Å². The van der Waals surface area contributed by atoms with Gasteiger partial charge < -0.3 is 4.74 Å². The van der Waals surface area contributed by atoms with E-state index in [1.54, 1.807) is 17.8 Å². The average Bonchev–Trinajstić information content (AvgIpc) is 3.17. The molecule has 130 valence electrons. The molecular weight excluding hydrogens is 377 g/mol. The number of Topliss-reactive ketones (excluding diaryl/α,β-unsaturated/α-hetero) is 1. The molecule has 0 unspecified atom stereocenters. The van der Waals surface area contributed by atoms with Crippen molar-refractivity contribution in [2.24, 2.45) is 4.99 Å². The molecule has 0 radical (unpaired) electrons. The lowest BCUT2D eigenvalue weighted by atomic mass is 9.99. The highest BCUT2D eigenvalue weighted by atomic mass is 35.5. The number of rotatable bonds is 4. The number of benzene rings is 1. The van der Waals surface area contributed by atoms with E-state index in [0.717, 1.165) is 0 Å². The molecule has 1 aliphatic heterocycles. The first-order valence-corrected chi connectivity index (χ1v) is 8.99. The molecule has 26 heavy (non-hydrogen) atoms. The zero-order chi connectivity index (χ0) is 18.1. The van der Waals surface area contributed by atoms with E-state index in [1.165, 1.54) is 29.5 Å². The van der Waals surface area contributed by atoms with Gasteiger partial charge in [0.1, 0.15) is 35.2 Å². The Morgan fingerprint density at radius 2 is 2.15 bits per heavy atom. The third-order valence-corrected chi connectivity index (χ3v) is 4.71. The Hall–Kier alpha value is -2.64. The maximum atomic E-state index is 13.2. The number of thiazole rings is 1. The van der Waals surface area contributed by atoms with Crippen LogP contribution in [0.2, 0.25) is 5.02 Å². The van der Waals surface area contributed by atoms with E-state index in [0.29, 0.717) is 34.1 Å². The lowest BCUT2D eigenvalue weighted by molar-refractivity contribution is 0.0998. The zero-order valence-electron chi connectivity index (χ0n) is 13.3. The zero-order valence-corrected chi connectivity index (χ0v) is 14.9. The first kappa shape index (κ1) is 16.8. The Morgan fingerprint density at radius 3 is 2.92 bits per heavy atom. The van der Waals surface area contributed by atoms with Crippen LogP contribution < -0.4 is 4.74 Å². The summed E-state index contributed by atoms with van der Waals surface area (Å²) in [6.07, 6.45) is 1.74. The number of aliphatic imine (C=N–C) groups is 1. The summed E-state index contributed by atoms with van der Waals surface area (Å²) in [5.74, 6) is -0.162. The van der Waals surface area contributed by atoms with Crippen molar-refractivity contribution in [3.63, 3.8) is 0 Å². The number of pyridine rings is 1. The molecule has 0 saturated carbocycles. The largest absolute Gasteiger partial charge is 0.488 e. The predicted molar refractivity (Wildman–Crippen MR) is 98.3 cm³/mol. The standard InChI is InChI=1S/C18H11ClFN3O2S/c19-13-6-11(1-2-14(13)20)25-7-10-5-16(24)12-3-4-21-18(17(12)23-10)15-8-26-9-22-15/h1-4,6,8-9H,5,7H2. The first-order valence-electron chi connectivity index (χ1n) is 7.67. The van der Waals surface area contributed by atoms with Crippen LogP contribution in [0.5, 0.6) is 5.75 Å². The molecule has 0 spiro atoms. The average molecular weight is 388 g/mol. The summed E-state index contributed by atoms with van der Waals surface area (Å²) in [6, 6.07) is 5.75. The van der Waals surface area contributed by atoms with Gasteiger partial charge in [-0.3, -0.25) is 14.8 Å². The number of ketones is 1. The van der Waals surface area contributed by atoms with Crippen LogP contribution in [-0.4, -0.2) is 28.1 Å². The monoisotopic (exact) mass is 387 g/mol. The molecule has 0 aliphatic carbocycles. The van der Waals surface area contributed by atoms with Gasteiger partial charge in [-0.15, -0.1) is 11.3 Å². The molecule has 0 fully saturated rings. The smallest absolute Gasteiger partial charge is 0.170 e. The molecule has 4 rings (SSSR count). The number of nitrogens with zero attached hydrogens (tertiary/aromatic N) is 3. The van der Waals surface area contributed by atoms with E-state index in [9.17, 15) is 9.18 Å². The summed E-state index contributed by atoms with van der Waals surface area (Å²) in [6.45, 7) is 0.0958. The van der Waals surface area contributed by atoms with Gasteiger partial charge in [-0.05, 0) is 18.2 Å². The second-order valence-corrected chi connectivity index (χ2v) is 6.70. The molecule has 0 amide bonds. The van der Waals surface area contributed by atoms with Gasteiger partial charge in [-0.1, -0.05) is 11.6 Å². The van der Waals surface area contributed by atoms with Crippen molar-refractivity contribution in [3.05, 3.63) is 57.8 Å². The summed E-state index contributed by atoms with van der Waals surface area (Å²) in [7, 11) is 0. The second kappa shape index (κ2) is 6.93. The van der Waals surface area contributed by atoms with Crippen LogP contribution >= 0.6 is 22.9 Å². The molecule has 3 heterocycles. The highest BCUT2D eigenvalue weighted by Crippen LogP contribution is 2.35. The summed E-state index contributed by atoms with van der Waals surface area (Å²) < 4.78 is 18.8. The lowest BCUT2D eigenvalue weighted by Gasteiger charge is -2.17. The number of fused-ring (bicyclic) bond motifs is 1. The molecule has 1 aliphatic rings. The van der Waals surface area contributed by atoms with Crippen molar-refractivity contribution < 1.29 is 13.9 Å². The minimum Gasteiger partial charge on any atom is -0.488 e. The van der Waals surface area contributed by atoms with E-state index in [2.05, 4.69) is 15.0 Å². The third-order valence-electron chi connectivity index (χ3n) is 3.83. The van der Waals surface area contributed by atoms with Gasteiger partial charge in [0.05, 0.1) is 22.7 Å². The number of hydrogen-bond acceptors (Lipinski definition) is 6. The van der Waals surface area contributed by atoms with Crippen molar-refractivity contribution in [2.45, 2.75) is 6.42 Å². The number of ether oxygens (including phenoxy) is 1. The third kappa shape index (κ3) is 3.23. The van der Waals surface area contributed by atoms with Gasteiger partial charge in [-0.25, -0.2) is 9.37 Å². The summed E-state index contributed by atoms with van der Waals surface area (Å²) in [4.78, 5) is 25.6. The van der Waals surface area contributed by atoms with E-state index < -0.39 is 5.82 Å². The topological polar surface area (TPSA) is 64.4 Å². The summed E-state index contributed by atoms with van der Waals surface area (Å²) >= 11 is 7.19. The summed E-state index contributed by atoms with van der Waals surface area (Å²) in [5, 5.41) is 1.83. The molecule has 5 nitrogen and oxygen atoms in total. The van der Waals surface area contributed by atoms with Crippen LogP contribution in [0.4, 0.5) is 10.1 Å². The minimum atomic E-state index is -0.517. The first-order chi connectivity index (χ1) is 12.6. The number of carbonyl (C=O) groups is 1. The van der Waals surface area contributed by atoms with Gasteiger partial charge in [0.15, 0.2) is 5.78 Å². The van der Waals surface area contributed by atoms with E-state index >= 15 is 0 Å². The molecule has 8 heteroatoms. The normalized spacial score (nSPS) is 13.3. The van der Waals surface area contributed by atoms with Gasteiger partial charge in [-0.2, -0.15) is 0 Å². The van der Waals surface area contributed by atoms with E-state index in [-0.39, 0.29) is 23.8 Å². The van der Waals surface area contributed by atoms with Crippen molar-refractivity contribution in [1.29, 1.82) is 0 Å². The number of halogens is 2. The fourth-order valence-electron chi connectivity index (χ4n) is 2.60. The van der Waals surface area contributed by atoms with E-state index in [4.69, 9.17) is 16.3 Å². The summed E-state index contributed by atoms with van der Waals surface area (Å²) in [5.41, 5.74) is 4.54. The predicted octanol–water partition coefficient (Wildman–Crippen LogP) is 4.74. The highest BCUT2D eigenvalue weighted by molar-refractivity contribution is 7.07. The van der Waals surface area contributed by atoms with Crippen LogP contribution in [0.15, 0.2) is 46.3 Å². The van der Waals surface area contributed by atoms with Gasteiger partial charge in [0.25, 0.3) is 0 Å². The second-order valence-electron chi connectivity index (χ2n) is 5.57. The van der Waals surface area contributed by atoms with Crippen molar-refractivity contribution >= 4 is 40.1 Å². The van der Waals surface area contributed by atoms with Crippen LogP contribution in [0.1, 0.15) is 16.8 Å². The highest BCUT2D eigenvalue weighted by Gasteiger charge is 2.24. The Bertz CT molecular complexity index is 1020. The molecule has 0 bridgehead atoms. The minimum absolute atomic E-state index is 0.0236. The Kier molecular flexibility index (Phi) is 4.48. The van der Waals surface area contributed by atoms with Crippen molar-refractivity contribution in [2.75, 3.05) is 6.61 Å². The molecule has 0 saturated heterocycles. The molecule has 2 aromatic heterocycles. The quantitative estimate of drug-likeness (QED) is 0.648. The van der Waals surface area contributed by atoms with Gasteiger partial charge in [0.2, 0.25) is 0 Å². The van der Waals surface area contributed by atoms with Crippen LogP contribution in [-0.2, 0) is 0 Å². The maximum Gasteiger partial charge on any atom is 0.170 e. The van der Waals surface area contributed by atoms with Crippen LogP contribution in [0.25, 0.3) is 11.4 Å². The lowest BCUT2D eigenvalue weighted by Crippen LogP contribution is -2.20. The fourth-order valence-corrected chi connectivity index (χ4v) is 3.31. The van der Waals surface area contributed by atoms with Crippen LogP contribution in [0.3, 0.4) is 0 Å². The van der Waals surface area contributed by atoms with Crippen LogP contribution in [0, 0.1) is 5.82 Å². The molecule has 0 N–H and O–H groups in total. The Morgan fingerprint density at radius 1 is 1.27 bits per heavy atom. The van der Waals surface area contributed by atoms with E-state index in [1.807, 2.05) is 5.38 Å². The molecular formula is C18H11ClFN3O2S. The Labute approximate surface area is 157 Å². The molecule has 3 aromatic rings. The van der Waals surface area contributed by atoms with Gasteiger partial charge in [0, 0.05) is 23.2 Å². The number of hydrogen-bond donors (Lipinski definition) is 0. The molecule has 1 aromatic carbocycles. The number of aromatic nitrogens is 2. The SMILES string of the molecule is O=C1CC(COc2ccc(F)c(Cl)c2)=Nc2c1ccnc2-c1cscn1. The maximum absolute atomic E-state index is 13.2. The fraction of sp³-hybridized carbons (Fsp3) is 0.111. The van der Waals surface area contributed by atoms with Gasteiger partial charge >= 0.3 is 0 Å². The molecule has 0 atom stereocenters. The number of carbonyl (C=O) groups excluding carboxylic acids is 1. The Balaban J connectivity index is 1.63. The van der Waals surface area contributed by atoms with Crippen molar-refractivity contribution in [3.8, 4) is 17.1 Å².